The molecule has 0 aliphatic heterocycles. The highest BCUT2D eigenvalue weighted by Gasteiger charge is 1.97. The third kappa shape index (κ3) is 3.35. The zero-order valence-electron chi connectivity index (χ0n) is 8.21. The molecule has 0 radical (unpaired) electrons. The number of anilines is 2. The van der Waals surface area contributed by atoms with Gasteiger partial charge in [-0.05, 0) is 31.2 Å². The largest absolute Gasteiger partial charge is 0.399 e. The van der Waals surface area contributed by atoms with Crippen molar-refractivity contribution in [2.24, 2.45) is 0 Å². The number of hydrogen-bond acceptors (Lipinski definition) is 3. The molecule has 0 atom stereocenters. The molecule has 1 amide bonds. The van der Waals surface area contributed by atoms with Crippen LogP contribution in [0.4, 0.5) is 11.4 Å². The van der Waals surface area contributed by atoms with Crippen LogP contribution in [0.25, 0.3) is 0 Å². The molecule has 14 heavy (non-hydrogen) atoms. The fourth-order valence-electron chi connectivity index (χ4n) is 1.04. The SMILES string of the molecule is CCNC(=O)CNc1ccc(N)cc1. The lowest BCUT2D eigenvalue weighted by Crippen LogP contribution is -2.29. The smallest absolute Gasteiger partial charge is 0.239 e. The number of carbonyl (C=O) groups excluding carboxylic acids is 1. The van der Waals surface area contributed by atoms with Crippen molar-refractivity contribution < 1.29 is 4.79 Å². The highest BCUT2D eigenvalue weighted by molar-refractivity contribution is 5.80. The first-order valence-electron chi connectivity index (χ1n) is 4.58. The Hall–Kier alpha value is -1.71. The first kappa shape index (κ1) is 10.4. The van der Waals surface area contributed by atoms with Gasteiger partial charge in [0.2, 0.25) is 5.91 Å². The zero-order valence-corrected chi connectivity index (χ0v) is 8.21. The van der Waals surface area contributed by atoms with Gasteiger partial charge in [-0.1, -0.05) is 0 Å². The summed E-state index contributed by atoms with van der Waals surface area (Å²) in [5, 5.41) is 5.69. The van der Waals surface area contributed by atoms with E-state index in [1.165, 1.54) is 0 Å². The van der Waals surface area contributed by atoms with Gasteiger partial charge in [0.05, 0.1) is 6.54 Å². The van der Waals surface area contributed by atoms with E-state index >= 15 is 0 Å². The van der Waals surface area contributed by atoms with E-state index < -0.39 is 0 Å². The van der Waals surface area contributed by atoms with Gasteiger partial charge in [0.1, 0.15) is 0 Å². The Morgan fingerprint density at radius 3 is 2.57 bits per heavy atom. The van der Waals surface area contributed by atoms with E-state index in [2.05, 4.69) is 10.6 Å². The minimum atomic E-state index is -0.00988. The normalized spacial score (nSPS) is 9.50. The van der Waals surface area contributed by atoms with Gasteiger partial charge in [-0.15, -0.1) is 0 Å². The van der Waals surface area contributed by atoms with E-state index in [4.69, 9.17) is 5.73 Å². The number of nitrogens with one attached hydrogen (secondary N) is 2. The molecule has 0 fully saturated rings. The minimum Gasteiger partial charge on any atom is -0.399 e. The molecule has 1 rings (SSSR count). The van der Waals surface area contributed by atoms with Crippen molar-refractivity contribution >= 4 is 17.3 Å². The fourth-order valence-corrected chi connectivity index (χ4v) is 1.04. The Bertz CT molecular complexity index is 295. The molecule has 0 heterocycles. The maximum absolute atomic E-state index is 11.1. The average Bonchev–Trinajstić information content (AvgIpc) is 2.17. The summed E-state index contributed by atoms with van der Waals surface area (Å²) in [7, 11) is 0. The summed E-state index contributed by atoms with van der Waals surface area (Å²) in [4.78, 5) is 11.1. The second-order valence-electron chi connectivity index (χ2n) is 2.93. The first-order chi connectivity index (χ1) is 6.72. The number of carbonyl (C=O) groups is 1. The summed E-state index contributed by atoms with van der Waals surface area (Å²) in [6.07, 6.45) is 0. The van der Waals surface area contributed by atoms with Crippen molar-refractivity contribution in [2.45, 2.75) is 6.92 Å². The maximum Gasteiger partial charge on any atom is 0.239 e. The molecule has 0 spiro atoms. The van der Waals surface area contributed by atoms with Crippen molar-refractivity contribution in [2.75, 3.05) is 24.1 Å². The lowest BCUT2D eigenvalue weighted by Gasteiger charge is -2.06. The lowest BCUT2D eigenvalue weighted by atomic mass is 10.3. The number of likely N-dealkylation sites (N-methyl/N-ethyl adjacent to an activating group) is 1. The molecule has 0 saturated heterocycles. The molecule has 4 N–H and O–H groups in total. The second kappa shape index (κ2) is 5.11. The summed E-state index contributed by atoms with van der Waals surface area (Å²) in [6.45, 7) is 2.83. The lowest BCUT2D eigenvalue weighted by molar-refractivity contribution is -0.119. The molecule has 76 valence electrons. The monoisotopic (exact) mass is 193 g/mol. The third-order valence-corrected chi connectivity index (χ3v) is 1.74. The number of nitrogen functional groups attached to an aromatic ring is 1. The Morgan fingerprint density at radius 2 is 2.00 bits per heavy atom. The highest BCUT2D eigenvalue weighted by atomic mass is 16.1. The predicted octanol–water partition coefficient (Wildman–Crippen LogP) is 0.817. The van der Waals surface area contributed by atoms with Gasteiger partial charge in [0.15, 0.2) is 0 Å². The second-order valence-corrected chi connectivity index (χ2v) is 2.93. The van der Waals surface area contributed by atoms with Crippen molar-refractivity contribution in [1.82, 2.24) is 5.32 Å². The van der Waals surface area contributed by atoms with Crippen LogP contribution in [0.3, 0.4) is 0 Å². The van der Waals surface area contributed by atoms with Gasteiger partial charge in [-0.3, -0.25) is 4.79 Å². The first-order valence-corrected chi connectivity index (χ1v) is 4.58. The molecule has 0 bridgehead atoms. The van der Waals surface area contributed by atoms with Crippen molar-refractivity contribution in [3.05, 3.63) is 24.3 Å². The highest BCUT2D eigenvalue weighted by Crippen LogP contribution is 2.09. The van der Waals surface area contributed by atoms with Gasteiger partial charge in [-0.2, -0.15) is 0 Å². The Kier molecular flexibility index (Phi) is 3.79. The molecule has 4 heteroatoms. The molecular weight excluding hydrogens is 178 g/mol. The summed E-state index contributed by atoms with van der Waals surface area (Å²) in [6, 6.07) is 7.27. The Balaban J connectivity index is 2.38. The van der Waals surface area contributed by atoms with Crippen molar-refractivity contribution in [3.63, 3.8) is 0 Å². The minimum absolute atomic E-state index is 0.00988. The molecule has 0 saturated carbocycles. The molecule has 0 aromatic heterocycles. The Morgan fingerprint density at radius 1 is 1.36 bits per heavy atom. The average molecular weight is 193 g/mol. The molecule has 0 aliphatic carbocycles. The van der Waals surface area contributed by atoms with Gasteiger partial charge >= 0.3 is 0 Å². The topological polar surface area (TPSA) is 67.2 Å². The number of rotatable bonds is 4. The van der Waals surface area contributed by atoms with Crippen LogP contribution in [0.1, 0.15) is 6.92 Å². The summed E-state index contributed by atoms with van der Waals surface area (Å²) in [5.74, 6) is -0.00988. The predicted molar refractivity (Wildman–Crippen MR) is 58.0 cm³/mol. The van der Waals surface area contributed by atoms with Gasteiger partial charge in [0.25, 0.3) is 0 Å². The quantitative estimate of drug-likeness (QED) is 0.620. The fraction of sp³-hybridized carbons (Fsp3) is 0.300. The van der Waals surface area contributed by atoms with E-state index in [0.29, 0.717) is 12.2 Å². The Labute approximate surface area is 83.5 Å². The molecule has 0 unspecified atom stereocenters. The summed E-state index contributed by atoms with van der Waals surface area (Å²) in [5.41, 5.74) is 7.13. The molecular formula is C10H15N3O. The van der Waals surface area contributed by atoms with Gasteiger partial charge < -0.3 is 16.4 Å². The van der Waals surface area contributed by atoms with E-state index in [0.717, 1.165) is 5.69 Å². The van der Waals surface area contributed by atoms with Crippen LogP contribution in [0.5, 0.6) is 0 Å². The number of amides is 1. The third-order valence-electron chi connectivity index (χ3n) is 1.74. The summed E-state index contributed by atoms with van der Waals surface area (Å²) >= 11 is 0. The standard InChI is InChI=1S/C10H15N3O/c1-2-12-10(14)7-13-9-5-3-8(11)4-6-9/h3-6,13H,2,7,11H2,1H3,(H,12,14). The van der Waals surface area contributed by atoms with Crippen molar-refractivity contribution in [3.8, 4) is 0 Å². The van der Waals surface area contributed by atoms with E-state index in [1.54, 1.807) is 12.1 Å². The molecule has 1 aromatic carbocycles. The molecule has 1 aromatic rings. The van der Waals surface area contributed by atoms with E-state index in [9.17, 15) is 4.79 Å². The maximum atomic E-state index is 11.1. The van der Waals surface area contributed by atoms with E-state index in [1.807, 2.05) is 19.1 Å². The molecule has 4 nitrogen and oxygen atoms in total. The van der Waals surface area contributed by atoms with Crippen LogP contribution < -0.4 is 16.4 Å². The van der Waals surface area contributed by atoms with Crippen LogP contribution >= 0.6 is 0 Å². The number of benzene rings is 1. The van der Waals surface area contributed by atoms with Crippen LogP contribution in [-0.2, 0) is 4.79 Å². The van der Waals surface area contributed by atoms with Gasteiger partial charge in [0, 0.05) is 17.9 Å². The van der Waals surface area contributed by atoms with Crippen LogP contribution in [-0.4, -0.2) is 19.0 Å². The van der Waals surface area contributed by atoms with Crippen LogP contribution in [0.2, 0.25) is 0 Å². The van der Waals surface area contributed by atoms with Crippen molar-refractivity contribution in [1.29, 1.82) is 0 Å². The molecule has 0 aliphatic rings. The van der Waals surface area contributed by atoms with Gasteiger partial charge in [-0.25, -0.2) is 0 Å². The summed E-state index contributed by atoms with van der Waals surface area (Å²) < 4.78 is 0. The van der Waals surface area contributed by atoms with Crippen LogP contribution in [0.15, 0.2) is 24.3 Å². The van der Waals surface area contributed by atoms with E-state index in [-0.39, 0.29) is 12.5 Å². The number of hydrogen-bond donors (Lipinski definition) is 3. The zero-order chi connectivity index (χ0) is 10.4. The van der Waals surface area contributed by atoms with Crippen LogP contribution in [0, 0.1) is 0 Å². The number of nitrogens with two attached hydrogens (primary N) is 1.